The Hall–Kier alpha value is -2.02. The van der Waals surface area contributed by atoms with Crippen molar-refractivity contribution in [3.63, 3.8) is 0 Å². The Bertz CT molecular complexity index is 663. The molecule has 26 heavy (non-hydrogen) atoms. The van der Waals surface area contributed by atoms with Crippen molar-refractivity contribution in [2.24, 2.45) is 5.73 Å². The number of hydrogen-bond donors (Lipinski definition) is 1. The highest BCUT2D eigenvalue weighted by Crippen LogP contribution is 2.22. The van der Waals surface area contributed by atoms with Crippen molar-refractivity contribution in [3.05, 3.63) is 48.7 Å². The van der Waals surface area contributed by atoms with E-state index in [2.05, 4.69) is 4.98 Å². The molecule has 0 unspecified atom stereocenters. The van der Waals surface area contributed by atoms with Crippen molar-refractivity contribution in [1.29, 1.82) is 0 Å². The molecule has 2 aromatic rings. The highest BCUT2D eigenvalue weighted by molar-refractivity contribution is 5.85. The number of carbonyl (C=O) groups excluding carboxylic acids is 1. The van der Waals surface area contributed by atoms with Gasteiger partial charge in [-0.3, -0.25) is 4.79 Å². The molecule has 1 saturated heterocycles. The minimum atomic E-state index is -0.00397. The third-order valence-corrected chi connectivity index (χ3v) is 3.94. The Morgan fingerprint density at radius 1 is 1.08 bits per heavy atom. The lowest BCUT2D eigenvalue weighted by Gasteiger charge is -2.30. The van der Waals surface area contributed by atoms with Gasteiger partial charge in [0.05, 0.1) is 0 Å². The fourth-order valence-corrected chi connectivity index (χ4v) is 2.52. The Balaban J connectivity index is 0.00000169. The van der Waals surface area contributed by atoms with Crippen molar-refractivity contribution in [2.75, 3.05) is 19.7 Å². The van der Waals surface area contributed by atoms with E-state index in [0.717, 1.165) is 12.8 Å². The highest BCUT2D eigenvalue weighted by atomic mass is 35.5. The molecule has 1 amide bonds. The molecule has 1 fully saturated rings. The summed E-state index contributed by atoms with van der Waals surface area (Å²) < 4.78 is 11.2. The zero-order chi connectivity index (χ0) is 16.8. The Morgan fingerprint density at radius 3 is 2.35 bits per heavy atom. The van der Waals surface area contributed by atoms with Crippen molar-refractivity contribution in [1.82, 2.24) is 9.88 Å². The molecule has 142 valence electrons. The SMILES string of the molecule is Cl.Cl.NC1CCN(C(=O)COc2ccc(Oc3ccccn3)cc2)CC1. The predicted octanol–water partition coefficient (Wildman–Crippen LogP) is 3.05. The summed E-state index contributed by atoms with van der Waals surface area (Å²) in [6, 6.07) is 12.8. The standard InChI is InChI=1S/C18H21N3O3.2ClH/c19-14-8-11-21(12-9-14)18(22)13-23-15-4-6-16(7-5-15)24-17-3-1-2-10-20-17;;/h1-7,10,14H,8-9,11-13,19H2;2*1H. The number of ether oxygens (including phenoxy) is 2. The first-order chi connectivity index (χ1) is 11.7. The first-order valence-electron chi connectivity index (χ1n) is 8.06. The summed E-state index contributed by atoms with van der Waals surface area (Å²) in [7, 11) is 0. The summed E-state index contributed by atoms with van der Waals surface area (Å²) >= 11 is 0. The lowest BCUT2D eigenvalue weighted by atomic mass is 10.1. The van der Waals surface area contributed by atoms with Crippen LogP contribution in [0, 0.1) is 0 Å². The molecule has 0 spiro atoms. The van der Waals surface area contributed by atoms with Gasteiger partial charge in [-0.15, -0.1) is 24.8 Å². The molecular formula is C18H23Cl2N3O3. The van der Waals surface area contributed by atoms with Crippen LogP contribution in [0.2, 0.25) is 0 Å². The minimum Gasteiger partial charge on any atom is -0.484 e. The zero-order valence-electron chi connectivity index (χ0n) is 14.2. The number of rotatable bonds is 5. The van der Waals surface area contributed by atoms with Crippen LogP contribution in [-0.4, -0.2) is 41.5 Å². The van der Waals surface area contributed by atoms with Crippen molar-refractivity contribution in [2.45, 2.75) is 18.9 Å². The number of hydrogen-bond acceptors (Lipinski definition) is 5. The van der Waals surface area contributed by atoms with Gasteiger partial charge in [-0.2, -0.15) is 0 Å². The normalized spacial score (nSPS) is 14.0. The van der Waals surface area contributed by atoms with Crippen molar-refractivity contribution < 1.29 is 14.3 Å². The van der Waals surface area contributed by atoms with Crippen molar-refractivity contribution in [3.8, 4) is 17.4 Å². The Labute approximate surface area is 165 Å². The lowest BCUT2D eigenvalue weighted by molar-refractivity contribution is -0.134. The average Bonchev–Trinajstić information content (AvgIpc) is 2.62. The quantitative estimate of drug-likeness (QED) is 0.835. The fraction of sp³-hybridized carbons (Fsp3) is 0.333. The van der Waals surface area contributed by atoms with Crippen LogP contribution in [-0.2, 0) is 4.79 Å². The largest absolute Gasteiger partial charge is 0.484 e. The number of pyridine rings is 1. The maximum absolute atomic E-state index is 12.1. The molecule has 1 aromatic heterocycles. The third-order valence-electron chi connectivity index (χ3n) is 3.94. The van der Waals surface area contributed by atoms with Gasteiger partial charge in [0.15, 0.2) is 6.61 Å². The van der Waals surface area contributed by atoms with E-state index >= 15 is 0 Å². The van der Waals surface area contributed by atoms with Crippen LogP contribution >= 0.6 is 24.8 Å². The van der Waals surface area contributed by atoms with Gasteiger partial charge in [0, 0.05) is 31.4 Å². The number of nitrogens with zero attached hydrogens (tertiary/aromatic N) is 2. The van der Waals surface area contributed by atoms with Crippen LogP contribution in [0.3, 0.4) is 0 Å². The molecule has 0 atom stereocenters. The van der Waals surface area contributed by atoms with Gasteiger partial charge in [-0.25, -0.2) is 4.98 Å². The number of benzene rings is 1. The van der Waals surface area contributed by atoms with Gasteiger partial charge >= 0.3 is 0 Å². The summed E-state index contributed by atoms with van der Waals surface area (Å²) in [4.78, 5) is 18.0. The van der Waals surface area contributed by atoms with E-state index in [4.69, 9.17) is 15.2 Å². The second-order valence-electron chi connectivity index (χ2n) is 5.75. The van der Waals surface area contributed by atoms with E-state index in [0.29, 0.717) is 30.5 Å². The molecule has 8 heteroatoms. The average molecular weight is 400 g/mol. The van der Waals surface area contributed by atoms with Crippen LogP contribution in [0.15, 0.2) is 48.7 Å². The van der Waals surface area contributed by atoms with Gasteiger partial charge in [0.25, 0.3) is 5.91 Å². The van der Waals surface area contributed by atoms with E-state index in [1.807, 2.05) is 17.0 Å². The second kappa shape index (κ2) is 10.9. The molecule has 0 radical (unpaired) electrons. The van der Waals surface area contributed by atoms with Gasteiger partial charge in [0.1, 0.15) is 11.5 Å². The summed E-state index contributed by atoms with van der Waals surface area (Å²) in [5.74, 6) is 1.82. The number of likely N-dealkylation sites (tertiary alicyclic amines) is 1. The molecular weight excluding hydrogens is 377 g/mol. The molecule has 0 saturated carbocycles. The van der Waals surface area contributed by atoms with Crippen LogP contribution < -0.4 is 15.2 Å². The number of aromatic nitrogens is 1. The number of halogens is 2. The fourth-order valence-electron chi connectivity index (χ4n) is 2.52. The summed E-state index contributed by atoms with van der Waals surface area (Å²) in [5.41, 5.74) is 5.85. The van der Waals surface area contributed by atoms with Gasteiger partial charge in [-0.1, -0.05) is 6.07 Å². The molecule has 2 heterocycles. The van der Waals surface area contributed by atoms with Gasteiger partial charge in [-0.05, 0) is 43.2 Å². The van der Waals surface area contributed by atoms with Gasteiger partial charge < -0.3 is 20.1 Å². The first kappa shape index (κ1) is 22.0. The maximum Gasteiger partial charge on any atom is 0.260 e. The van der Waals surface area contributed by atoms with E-state index in [9.17, 15) is 4.79 Å². The number of amides is 1. The van der Waals surface area contributed by atoms with Crippen molar-refractivity contribution >= 4 is 30.7 Å². The molecule has 6 nitrogen and oxygen atoms in total. The molecule has 0 bridgehead atoms. The molecule has 1 aliphatic heterocycles. The monoisotopic (exact) mass is 399 g/mol. The van der Waals surface area contributed by atoms with Crippen LogP contribution in [0.25, 0.3) is 0 Å². The molecule has 1 aliphatic rings. The first-order valence-corrected chi connectivity index (χ1v) is 8.06. The van der Waals surface area contributed by atoms with E-state index in [1.165, 1.54) is 0 Å². The Morgan fingerprint density at radius 2 is 1.73 bits per heavy atom. The van der Waals surface area contributed by atoms with Crippen LogP contribution in [0.1, 0.15) is 12.8 Å². The van der Waals surface area contributed by atoms with E-state index < -0.39 is 0 Å². The van der Waals surface area contributed by atoms with Crippen LogP contribution in [0.5, 0.6) is 17.4 Å². The van der Waals surface area contributed by atoms with Crippen LogP contribution in [0.4, 0.5) is 0 Å². The maximum atomic E-state index is 12.1. The number of carbonyl (C=O) groups is 1. The zero-order valence-corrected chi connectivity index (χ0v) is 15.9. The number of piperidine rings is 1. The smallest absolute Gasteiger partial charge is 0.260 e. The highest BCUT2D eigenvalue weighted by Gasteiger charge is 2.20. The van der Waals surface area contributed by atoms with E-state index in [-0.39, 0.29) is 43.4 Å². The summed E-state index contributed by atoms with van der Waals surface area (Å²) in [6.07, 6.45) is 3.38. The third kappa shape index (κ3) is 6.37. The second-order valence-corrected chi connectivity index (χ2v) is 5.75. The Kier molecular flexibility index (Phi) is 9.19. The summed E-state index contributed by atoms with van der Waals surface area (Å²) in [6.45, 7) is 1.45. The minimum absolute atomic E-state index is 0. The van der Waals surface area contributed by atoms with Gasteiger partial charge in [0.2, 0.25) is 5.88 Å². The number of nitrogens with two attached hydrogens (primary N) is 1. The summed E-state index contributed by atoms with van der Waals surface area (Å²) in [5, 5.41) is 0. The molecule has 0 aliphatic carbocycles. The predicted molar refractivity (Wildman–Crippen MR) is 105 cm³/mol. The topological polar surface area (TPSA) is 77.7 Å². The molecule has 3 rings (SSSR count). The molecule has 2 N–H and O–H groups in total. The van der Waals surface area contributed by atoms with E-state index in [1.54, 1.807) is 36.5 Å². The lowest BCUT2D eigenvalue weighted by Crippen LogP contribution is -2.44. The molecule has 1 aromatic carbocycles.